The van der Waals surface area contributed by atoms with Crippen LogP contribution in [0, 0.1) is 23.7 Å². The van der Waals surface area contributed by atoms with Gasteiger partial charge in [0.05, 0.1) is 11.1 Å². The van der Waals surface area contributed by atoms with Crippen molar-refractivity contribution < 1.29 is 34.8 Å². The third kappa shape index (κ3) is 3.55. The number of ketones is 2. The summed E-state index contributed by atoms with van der Waals surface area (Å²) in [4.78, 5) is 43.8. The van der Waals surface area contributed by atoms with E-state index < -0.39 is 52.0 Å². The van der Waals surface area contributed by atoms with Gasteiger partial charge in [-0.3, -0.25) is 19.4 Å². The number of carbonyl (C=O) groups is 3. The Morgan fingerprint density at radius 2 is 1.92 bits per heavy atom. The van der Waals surface area contributed by atoms with Crippen molar-refractivity contribution in [2.75, 3.05) is 19.0 Å². The third-order valence-electron chi connectivity index (χ3n) is 7.53. The van der Waals surface area contributed by atoms with Gasteiger partial charge in [-0.1, -0.05) is 11.8 Å². The SMILES string of the molecule is CN(C)c1cc(C#Cc2cccnc2)c(O)c2c1C[C@H]1C[C@H]3CC(=O)C(C(N)=O)=C(O)[C@@]3(O)C(=O)C1=C2O. The van der Waals surface area contributed by atoms with E-state index in [0.29, 0.717) is 16.8 Å². The number of pyridine rings is 1. The van der Waals surface area contributed by atoms with Gasteiger partial charge in [-0.05, 0) is 42.5 Å². The number of phenols is 1. The highest BCUT2D eigenvalue weighted by Gasteiger charge is 2.60. The number of carbonyl (C=O) groups excluding carboxylic acids is 3. The van der Waals surface area contributed by atoms with Crippen LogP contribution >= 0.6 is 0 Å². The molecule has 1 amide bonds. The highest BCUT2D eigenvalue weighted by Crippen LogP contribution is 2.53. The summed E-state index contributed by atoms with van der Waals surface area (Å²) < 4.78 is 0. The van der Waals surface area contributed by atoms with Gasteiger partial charge >= 0.3 is 0 Å². The molecule has 1 aromatic heterocycles. The number of hydrogen-bond acceptors (Lipinski definition) is 9. The van der Waals surface area contributed by atoms with E-state index in [1.807, 2.05) is 0 Å². The standard InChI is InChI=1S/C28H25N3O7/c1-31(2)18-10-14(6-5-13-4-3-7-30-12-13)23(33)21-17(18)9-15-8-16-11-19(32)22(27(29)37)26(36)28(16,38)25(35)20(15)24(21)34/h3-4,7,10,12,15-16,33-34,36,38H,8-9,11H2,1-2H3,(H2,29,37)/t15-,16+,28+/m1/s1. The number of nitrogens with two attached hydrogens (primary N) is 1. The maximum atomic E-state index is 13.7. The second-order valence-electron chi connectivity index (χ2n) is 9.94. The van der Waals surface area contributed by atoms with Crippen LogP contribution < -0.4 is 10.6 Å². The first-order chi connectivity index (χ1) is 18.0. The summed E-state index contributed by atoms with van der Waals surface area (Å²) in [7, 11) is 3.58. The van der Waals surface area contributed by atoms with E-state index >= 15 is 0 Å². The topological polar surface area (TPSA) is 174 Å². The number of nitrogens with zero attached hydrogens (tertiary/aromatic N) is 2. The molecule has 0 spiro atoms. The molecular formula is C28H25N3O7. The van der Waals surface area contributed by atoms with Crippen LogP contribution in [0.3, 0.4) is 0 Å². The zero-order valence-corrected chi connectivity index (χ0v) is 20.6. The van der Waals surface area contributed by atoms with E-state index in [4.69, 9.17) is 5.73 Å². The van der Waals surface area contributed by atoms with Crippen LogP contribution in [0.4, 0.5) is 5.69 Å². The van der Waals surface area contributed by atoms with Crippen molar-refractivity contribution in [3.05, 3.63) is 69.8 Å². The molecule has 5 rings (SSSR count). The van der Waals surface area contributed by atoms with E-state index in [2.05, 4.69) is 16.8 Å². The molecule has 0 radical (unpaired) electrons. The summed E-state index contributed by atoms with van der Waals surface area (Å²) >= 11 is 0. The Morgan fingerprint density at radius 1 is 1.18 bits per heavy atom. The molecule has 0 aliphatic heterocycles. The first-order valence-corrected chi connectivity index (χ1v) is 11.9. The lowest BCUT2D eigenvalue weighted by Crippen LogP contribution is -2.58. The molecule has 3 aliphatic rings. The Kier molecular flexibility index (Phi) is 5.76. The second kappa shape index (κ2) is 8.75. The summed E-state index contributed by atoms with van der Waals surface area (Å²) in [6.07, 6.45) is 3.08. The van der Waals surface area contributed by atoms with Gasteiger partial charge in [-0.2, -0.15) is 0 Å². The number of primary amides is 1. The van der Waals surface area contributed by atoms with E-state index in [9.17, 15) is 34.8 Å². The largest absolute Gasteiger partial charge is 0.508 e. The van der Waals surface area contributed by atoms with Gasteiger partial charge in [0, 0.05) is 55.7 Å². The summed E-state index contributed by atoms with van der Waals surface area (Å²) in [5.41, 5.74) is 3.64. The van der Waals surface area contributed by atoms with Gasteiger partial charge < -0.3 is 31.1 Å². The monoisotopic (exact) mass is 515 g/mol. The average Bonchev–Trinajstić information content (AvgIpc) is 2.86. The van der Waals surface area contributed by atoms with Gasteiger partial charge in [0.2, 0.25) is 5.78 Å². The fraction of sp³-hybridized carbons (Fsp3) is 0.286. The maximum Gasteiger partial charge on any atom is 0.255 e. The number of anilines is 1. The second-order valence-corrected chi connectivity index (χ2v) is 9.94. The molecular weight excluding hydrogens is 490 g/mol. The molecule has 2 aromatic rings. The molecule has 38 heavy (non-hydrogen) atoms. The summed E-state index contributed by atoms with van der Waals surface area (Å²) in [6.45, 7) is 0. The molecule has 0 saturated heterocycles. The normalized spacial score (nSPS) is 24.2. The summed E-state index contributed by atoms with van der Waals surface area (Å²) in [5.74, 6) is -0.875. The van der Waals surface area contributed by atoms with Gasteiger partial charge in [0.15, 0.2) is 11.4 Å². The lowest BCUT2D eigenvalue weighted by atomic mass is 9.59. The lowest BCUT2D eigenvalue weighted by molar-refractivity contribution is -0.147. The molecule has 0 unspecified atom stereocenters. The van der Waals surface area contributed by atoms with Gasteiger partial charge in [-0.15, -0.1) is 0 Å². The Balaban J connectivity index is 1.71. The number of hydrogen-bond donors (Lipinski definition) is 5. The highest BCUT2D eigenvalue weighted by molar-refractivity contribution is 6.22. The van der Waals surface area contributed by atoms with Crippen molar-refractivity contribution in [3.63, 3.8) is 0 Å². The quantitative estimate of drug-likeness (QED) is 0.291. The van der Waals surface area contributed by atoms with Crippen LogP contribution in [-0.2, 0) is 20.8 Å². The van der Waals surface area contributed by atoms with Crippen molar-refractivity contribution in [2.24, 2.45) is 17.6 Å². The lowest BCUT2D eigenvalue weighted by Gasteiger charge is -2.46. The number of amides is 1. The van der Waals surface area contributed by atoms with E-state index in [1.165, 1.54) is 0 Å². The smallest absolute Gasteiger partial charge is 0.255 e. The zero-order chi connectivity index (χ0) is 27.5. The molecule has 0 bridgehead atoms. The molecule has 3 aliphatic carbocycles. The first-order valence-electron chi connectivity index (χ1n) is 11.9. The van der Waals surface area contributed by atoms with Crippen molar-refractivity contribution in [2.45, 2.75) is 24.9 Å². The molecule has 10 heteroatoms. The zero-order valence-electron chi connectivity index (χ0n) is 20.6. The van der Waals surface area contributed by atoms with Crippen LogP contribution in [0.25, 0.3) is 5.76 Å². The van der Waals surface area contributed by atoms with Crippen LogP contribution in [0.1, 0.15) is 35.1 Å². The van der Waals surface area contributed by atoms with Crippen molar-refractivity contribution >= 4 is 28.9 Å². The minimum atomic E-state index is -2.60. The van der Waals surface area contributed by atoms with Crippen LogP contribution in [0.5, 0.6) is 5.75 Å². The molecule has 3 atom stereocenters. The number of aliphatic hydroxyl groups is 3. The number of fused-ring (bicyclic) bond motifs is 3. The fourth-order valence-corrected chi connectivity index (χ4v) is 5.74. The Labute approximate surface area is 217 Å². The average molecular weight is 516 g/mol. The Hall–Kier alpha value is -4.62. The molecule has 1 fully saturated rings. The van der Waals surface area contributed by atoms with E-state index in [-0.39, 0.29) is 41.7 Å². The highest BCUT2D eigenvalue weighted by atomic mass is 16.3. The number of rotatable bonds is 2. The van der Waals surface area contributed by atoms with E-state index in [1.54, 1.807) is 49.6 Å². The molecule has 1 heterocycles. The fourth-order valence-electron chi connectivity index (χ4n) is 5.74. The number of aromatic nitrogens is 1. The van der Waals surface area contributed by atoms with Gasteiger partial charge in [0.25, 0.3) is 5.91 Å². The molecule has 1 saturated carbocycles. The number of aromatic hydroxyl groups is 1. The van der Waals surface area contributed by atoms with Crippen LogP contribution in [0.2, 0.25) is 0 Å². The summed E-state index contributed by atoms with van der Waals surface area (Å²) in [6, 6.07) is 5.16. The van der Waals surface area contributed by atoms with Crippen molar-refractivity contribution in [1.29, 1.82) is 0 Å². The maximum absolute atomic E-state index is 13.7. The van der Waals surface area contributed by atoms with Crippen molar-refractivity contribution in [1.82, 2.24) is 4.98 Å². The third-order valence-corrected chi connectivity index (χ3v) is 7.53. The predicted octanol–water partition coefficient (Wildman–Crippen LogP) is 1.28. The van der Waals surface area contributed by atoms with E-state index in [0.717, 1.165) is 0 Å². The predicted molar refractivity (Wildman–Crippen MR) is 136 cm³/mol. The van der Waals surface area contributed by atoms with Crippen LogP contribution in [0.15, 0.2) is 47.5 Å². The Morgan fingerprint density at radius 3 is 2.55 bits per heavy atom. The number of phenolic OH excluding ortho intramolecular Hbond substituents is 1. The first kappa shape index (κ1) is 25.0. The van der Waals surface area contributed by atoms with Gasteiger partial charge in [-0.25, -0.2) is 0 Å². The number of aliphatic hydroxyl groups excluding tert-OH is 2. The number of benzene rings is 1. The van der Waals surface area contributed by atoms with Crippen LogP contribution in [-0.4, -0.2) is 62.6 Å². The minimum absolute atomic E-state index is 0.00110. The Bertz CT molecular complexity index is 1550. The molecule has 1 aromatic carbocycles. The number of Topliss-reactive ketones (excluding diaryl/α,β-unsaturated/α-hetero) is 2. The molecule has 194 valence electrons. The molecule has 6 N–H and O–H groups in total. The summed E-state index contributed by atoms with van der Waals surface area (Å²) in [5, 5.41) is 44.7. The van der Waals surface area contributed by atoms with Gasteiger partial charge in [0.1, 0.15) is 22.8 Å². The minimum Gasteiger partial charge on any atom is -0.508 e. The molecule has 10 nitrogen and oxygen atoms in total. The van der Waals surface area contributed by atoms with Crippen molar-refractivity contribution in [3.8, 4) is 17.6 Å².